The molecule has 0 bridgehead atoms. The molecule has 0 aliphatic rings. The molecular formula is C14H13F3N4O4. The molecule has 8 nitrogen and oxygen atoms in total. The molecule has 2 N–H and O–H groups in total. The average molecular weight is 358 g/mol. The number of nitrogens with one attached hydrogen (secondary N) is 1. The molecule has 2 rings (SSSR count). The number of amides is 1. The number of carboxylic acids is 1. The highest BCUT2D eigenvalue weighted by Crippen LogP contribution is 2.30. The summed E-state index contributed by atoms with van der Waals surface area (Å²) in [5.41, 5.74) is -1.08. The summed E-state index contributed by atoms with van der Waals surface area (Å²) in [4.78, 5) is 23.0. The SMILES string of the molecule is COCC(NC(=O)c1cn(-c2cccc(C(F)(F)F)c2)nn1)C(=O)O. The number of halogens is 3. The maximum Gasteiger partial charge on any atom is 0.416 e. The number of methoxy groups -OCH3 is 1. The Morgan fingerprint density at radius 1 is 1.40 bits per heavy atom. The second kappa shape index (κ2) is 7.30. The number of carbonyl (C=O) groups excluding carboxylic acids is 1. The van der Waals surface area contributed by atoms with Gasteiger partial charge in [-0.1, -0.05) is 11.3 Å². The molecule has 0 radical (unpaired) electrons. The normalized spacial score (nSPS) is 12.6. The molecule has 134 valence electrons. The van der Waals surface area contributed by atoms with Gasteiger partial charge in [0.1, 0.15) is 0 Å². The molecule has 0 aliphatic heterocycles. The number of ether oxygens (including phenoxy) is 1. The Morgan fingerprint density at radius 2 is 2.12 bits per heavy atom. The van der Waals surface area contributed by atoms with E-state index in [9.17, 15) is 22.8 Å². The highest BCUT2D eigenvalue weighted by atomic mass is 19.4. The van der Waals surface area contributed by atoms with Crippen molar-refractivity contribution in [2.75, 3.05) is 13.7 Å². The minimum absolute atomic E-state index is 0.0491. The van der Waals surface area contributed by atoms with Crippen LogP contribution in [-0.4, -0.2) is 51.7 Å². The number of hydrogen-bond donors (Lipinski definition) is 2. The molecule has 0 spiro atoms. The van der Waals surface area contributed by atoms with Gasteiger partial charge in [-0.05, 0) is 18.2 Å². The topological polar surface area (TPSA) is 106 Å². The van der Waals surface area contributed by atoms with Gasteiger partial charge in [0.15, 0.2) is 11.7 Å². The lowest BCUT2D eigenvalue weighted by molar-refractivity contribution is -0.140. The number of aliphatic carboxylic acids is 1. The molecule has 11 heteroatoms. The largest absolute Gasteiger partial charge is 0.480 e. The van der Waals surface area contributed by atoms with Crippen LogP contribution in [0, 0.1) is 0 Å². The second-order valence-corrected chi connectivity index (χ2v) is 4.92. The summed E-state index contributed by atoms with van der Waals surface area (Å²) in [7, 11) is 1.27. The zero-order valence-electron chi connectivity index (χ0n) is 12.8. The van der Waals surface area contributed by atoms with E-state index in [2.05, 4.69) is 20.4 Å². The van der Waals surface area contributed by atoms with E-state index in [-0.39, 0.29) is 18.0 Å². The van der Waals surface area contributed by atoms with E-state index in [0.29, 0.717) is 0 Å². The monoisotopic (exact) mass is 358 g/mol. The molecule has 1 unspecified atom stereocenters. The number of aromatic nitrogens is 3. The van der Waals surface area contributed by atoms with Crippen LogP contribution in [0.25, 0.3) is 5.69 Å². The van der Waals surface area contributed by atoms with Crippen molar-refractivity contribution in [3.63, 3.8) is 0 Å². The lowest BCUT2D eigenvalue weighted by atomic mass is 10.2. The molecule has 1 amide bonds. The molecule has 25 heavy (non-hydrogen) atoms. The lowest BCUT2D eigenvalue weighted by Crippen LogP contribution is -2.43. The minimum atomic E-state index is -4.52. The molecule has 1 aromatic carbocycles. The third-order valence-corrected chi connectivity index (χ3v) is 3.10. The van der Waals surface area contributed by atoms with Crippen LogP contribution < -0.4 is 5.32 Å². The number of rotatable bonds is 6. The fourth-order valence-electron chi connectivity index (χ4n) is 1.89. The molecule has 1 aromatic heterocycles. The Kier molecular flexibility index (Phi) is 5.37. The van der Waals surface area contributed by atoms with Gasteiger partial charge in [0.25, 0.3) is 5.91 Å². The van der Waals surface area contributed by atoms with Gasteiger partial charge in [0.05, 0.1) is 24.1 Å². The number of carboxylic acid groups (broad SMARTS) is 1. The molecule has 0 saturated carbocycles. The van der Waals surface area contributed by atoms with Crippen LogP contribution in [-0.2, 0) is 15.7 Å². The van der Waals surface area contributed by atoms with E-state index < -0.39 is 29.7 Å². The average Bonchev–Trinajstić information content (AvgIpc) is 3.03. The molecule has 0 aliphatic carbocycles. The number of alkyl halides is 3. The van der Waals surface area contributed by atoms with Crippen LogP contribution in [0.3, 0.4) is 0 Å². The fraction of sp³-hybridized carbons (Fsp3) is 0.286. The van der Waals surface area contributed by atoms with Crippen molar-refractivity contribution >= 4 is 11.9 Å². The number of nitrogens with zero attached hydrogens (tertiary/aromatic N) is 3. The third-order valence-electron chi connectivity index (χ3n) is 3.10. The van der Waals surface area contributed by atoms with Crippen molar-refractivity contribution in [2.24, 2.45) is 0 Å². The quantitative estimate of drug-likeness (QED) is 0.801. The van der Waals surface area contributed by atoms with Crippen LogP contribution in [0.2, 0.25) is 0 Å². The summed E-state index contributed by atoms with van der Waals surface area (Å²) < 4.78 is 43.9. The van der Waals surface area contributed by atoms with Crippen molar-refractivity contribution in [3.05, 3.63) is 41.7 Å². The van der Waals surface area contributed by atoms with Gasteiger partial charge in [-0.3, -0.25) is 4.79 Å². The maximum absolute atomic E-state index is 12.7. The van der Waals surface area contributed by atoms with E-state index in [1.54, 1.807) is 0 Å². The Bertz CT molecular complexity index is 775. The Balaban J connectivity index is 2.20. The predicted octanol–water partition coefficient (Wildman–Crippen LogP) is 1.12. The van der Waals surface area contributed by atoms with E-state index >= 15 is 0 Å². The zero-order chi connectivity index (χ0) is 18.6. The van der Waals surface area contributed by atoms with Gasteiger partial charge in [-0.25, -0.2) is 9.48 Å². The van der Waals surface area contributed by atoms with Crippen LogP contribution in [0.1, 0.15) is 16.1 Å². The van der Waals surface area contributed by atoms with Crippen molar-refractivity contribution < 1.29 is 32.6 Å². The van der Waals surface area contributed by atoms with Gasteiger partial charge in [-0.2, -0.15) is 13.2 Å². The van der Waals surface area contributed by atoms with Crippen molar-refractivity contribution in [1.29, 1.82) is 0 Å². The molecule has 0 saturated heterocycles. The van der Waals surface area contributed by atoms with Crippen molar-refractivity contribution in [3.8, 4) is 5.69 Å². The second-order valence-electron chi connectivity index (χ2n) is 4.92. The number of hydrogen-bond acceptors (Lipinski definition) is 5. The van der Waals surface area contributed by atoms with E-state index in [4.69, 9.17) is 5.11 Å². The van der Waals surface area contributed by atoms with Gasteiger partial charge < -0.3 is 15.2 Å². The van der Waals surface area contributed by atoms with Gasteiger partial charge in [0, 0.05) is 7.11 Å². The van der Waals surface area contributed by atoms with E-state index in [1.165, 1.54) is 19.2 Å². The molecule has 0 fully saturated rings. The standard InChI is InChI=1S/C14H13F3N4O4/c1-25-7-11(13(23)24)18-12(22)10-6-21(20-19-10)9-4-2-3-8(5-9)14(15,16)17/h2-6,11H,7H2,1H3,(H,18,22)(H,23,24). The first kappa shape index (κ1) is 18.4. The zero-order valence-corrected chi connectivity index (χ0v) is 12.8. The van der Waals surface area contributed by atoms with Crippen LogP contribution in [0.15, 0.2) is 30.5 Å². The van der Waals surface area contributed by atoms with Crippen LogP contribution >= 0.6 is 0 Å². The van der Waals surface area contributed by atoms with E-state index in [1.807, 2.05) is 0 Å². The van der Waals surface area contributed by atoms with Gasteiger partial charge in [0.2, 0.25) is 0 Å². The highest BCUT2D eigenvalue weighted by molar-refractivity contribution is 5.94. The molecule has 1 atom stereocenters. The van der Waals surface area contributed by atoms with Crippen LogP contribution in [0.4, 0.5) is 13.2 Å². The lowest BCUT2D eigenvalue weighted by Gasteiger charge is -2.11. The summed E-state index contributed by atoms with van der Waals surface area (Å²) in [5.74, 6) is -2.15. The smallest absolute Gasteiger partial charge is 0.416 e. The van der Waals surface area contributed by atoms with Crippen molar-refractivity contribution in [1.82, 2.24) is 20.3 Å². The van der Waals surface area contributed by atoms with E-state index in [0.717, 1.165) is 23.0 Å². The highest BCUT2D eigenvalue weighted by Gasteiger charge is 2.30. The first-order valence-electron chi connectivity index (χ1n) is 6.85. The molecule has 2 aromatic rings. The first-order valence-corrected chi connectivity index (χ1v) is 6.85. The van der Waals surface area contributed by atoms with Crippen molar-refractivity contribution in [2.45, 2.75) is 12.2 Å². The number of carbonyl (C=O) groups is 2. The number of benzene rings is 1. The summed E-state index contributed by atoms with van der Waals surface area (Å²) in [5, 5.41) is 18.3. The maximum atomic E-state index is 12.7. The minimum Gasteiger partial charge on any atom is -0.480 e. The predicted molar refractivity (Wildman–Crippen MR) is 77.1 cm³/mol. The Labute approximate surface area is 139 Å². The summed E-state index contributed by atoms with van der Waals surface area (Å²) in [6.45, 7) is -0.261. The molecule has 1 heterocycles. The van der Waals surface area contributed by atoms with Crippen LogP contribution in [0.5, 0.6) is 0 Å². The third kappa shape index (κ3) is 4.53. The fourth-order valence-corrected chi connectivity index (χ4v) is 1.89. The summed E-state index contributed by atoms with van der Waals surface area (Å²) in [6.07, 6.45) is -3.43. The first-order chi connectivity index (χ1) is 11.7. The molecular weight excluding hydrogens is 345 g/mol. The van der Waals surface area contributed by atoms with Gasteiger partial charge in [-0.15, -0.1) is 5.10 Å². The summed E-state index contributed by atoms with van der Waals surface area (Å²) in [6, 6.07) is 3.00. The summed E-state index contributed by atoms with van der Waals surface area (Å²) >= 11 is 0. The Morgan fingerprint density at radius 3 is 2.72 bits per heavy atom. The Hall–Kier alpha value is -2.95. The van der Waals surface area contributed by atoms with Gasteiger partial charge >= 0.3 is 12.1 Å².